The highest BCUT2D eigenvalue weighted by Crippen LogP contribution is 2.26. The Kier molecular flexibility index (Phi) is 6.80. The van der Waals surface area contributed by atoms with Gasteiger partial charge in [-0.25, -0.2) is 0 Å². The summed E-state index contributed by atoms with van der Waals surface area (Å²) in [5.74, 6) is 0.774. The van der Waals surface area contributed by atoms with Gasteiger partial charge in [0.2, 0.25) is 0 Å². The predicted molar refractivity (Wildman–Crippen MR) is 75.1 cm³/mol. The van der Waals surface area contributed by atoms with Gasteiger partial charge in [0.05, 0.1) is 20.3 Å². The molecule has 1 aromatic rings. The molecule has 0 aliphatic heterocycles. The number of hydrogen-bond donors (Lipinski definition) is 3. The van der Waals surface area contributed by atoms with Crippen molar-refractivity contribution in [1.82, 2.24) is 4.90 Å². The highest BCUT2D eigenvalue weighted by Gasteiger charge is 2.23. The summed E-state index contributed by atoms with van der Waals surface area (Å²) in [4.78, 5) is 1.99. The van der Waals surface area contributed by atoms with Crippen LogP contribution >= 0.6 is 0 Å². The van der Waals surface area contributed by atoms with Gasteiger partial charge in [-0.2, -0.15) is 0 Å². The van der Waals surface area contributed by atoms with E-state index in [0.717, 1.165) is 11.3 Å². The zero-order valence-electron chi connectivity index (χ0n) is 11.6. The number of methoxy groups -OCH3 is 1. The Labute approximate surface area is 114 Å². The molecule has 108 valence electrons. The van der Waals surface area contributed by atoms with Crippen LogP contribution in [0.3, 0.4) is 0 Å². The van der Waals surface area contributed by atoms with Gasteiger partial charge in [0.25, 0.3) is 0 Å². The second-order valence-corrected chi connectivity index (χ2v) is 4.56. The van der Waals surface area contributed by atoms with E-state index in [2.05, 4.69) is 0 Å². The second kappa shape index (κ2) is 8.12. The largest absolute Gasteiger partial charge is 0.497 e. The zero-order valence-corrected chi connectivity index (χ0v) is 11.6. The first kappa shape index (κ1) is 15.9. The number of nitrogens with two attached hydrogens (primary N) is 1. The molecule has 0 aliphatic rings. The lowest BCUT2D eigenvalue weighted by atomic mass is 9.98. The van der Waals surface area contributed by atoms with E-state index in [0.29, 0.717) is 13.1 Å². The molecule has 0 saturated heterocycles. The van der Waals surface area contributed by atoms with E-state index in [-0.39, 0.29) is 25.3 Å². The molecule has 0 amide bonds. The number of ether oxygens (including phenoxy) is 1. The Morgan fingerprint density at radius 3 is 2.37 bits per heavy atom. The van der Waals surface area contributed by atoms with Crippen molar-refractivity contribution in [3.05, 3.63) is 29.8 Å². The molecule has 0 aliphatic carbocycles. The Balaban J connectivity index is 3.02. The average Bonchev–Trinajstić information content (AvgIpc) is 2.39. The van der Waals surface area contributed by atoms with Crippen LogP contribution in [-0.4, -0.2) is 54.6 Å². The van der Waals surface area contributed by atoms with E-state index in [9.17, 15) is 0 Å². The van der Waals surface area contributed by atoms with Gasteiger partial charge in [0, 0.05) is 25.2 Å². The Hall–Kier alpha value is -1.14. The van der Waals surface area contributed by atoms with Gasteiger partial charge in [0.15, 0.2) is 0 Å². The van der Waals surface area contributed by atoms with Crippen molar-refractivity contribution in [3.8, 4) is 5.75 Å². The number of hydrogen-bond acceptors (Lipinski definition) is 5. The molecule has 0 spiro atoms. The van der Waals surface area contributed by atoms with E-state index in [4.69, 9.17) is 20.7 Å². The maximum Gasteiger partial charge on any atom is 0.119 e. The molecule has 2 unspecified atom stereocenters. The summed E-state index contributed by atoms with van der Waals surface area (Å²) in [6, 6.07) is 7.54. The van der Waals surface area contributed by atoms with Crippen molar-refractivity contribution >= 4 is 0 Å². The van der Waals surface area contributed by atoms with Gasteiger partial charge >= 0.3 is 0 Å². The molecule has 5 heteroatoms. The monoisotopic (exact) mass is 268 g/mol. The van der Waals surface area contributed by atoms with Crippen LogP contribution in [0.4, 0.5) is 0 Å². The van der Waals surface area contributed by atoms with E-state index >= 15 is 0 Å². The van der Waals surface area contributed by atoms with Gasteiger partial charge < -0.3 is 20.7 Å². The minimum absolute atomic E-state index is 0.0349. The first-order valence-corrected chi connectivity index (χ1v) is 6.49. The molecule has 5 nitrogen and oxygen atoms in total. The van der Waals surface area contributed by atoms with Crippen LogP contribution in [0.2, 0.25) is 0 Å². The minimum Gasteiger partial charge on any atom is -0.497 e. The summed E-state index contributed by atoms with van der Waals surface area (Å²) in [7, 11) is 1.62. The second-order valence-electron chi connectivity index (χ2n) is 4.56. The molecule has 1 aromatic carbocycles. The van der Waals surface area contributed by atoms with Crippen LogP contribution in [0.5, 0.6) is 5.75 Å². The molecule has 0 radical (unpaired) electrons. The Morgan fingerprint density at radius 1 is 1.26 bits per heavy atom. The molecule has 0 fully saturated rings. The lowest BCUT2D eigenvalue weighted by Gasteiger charge is -2.34. The molecule has 0 heterocycles. The first-order valence-electron chi connectivity index (χ1n) is 6.49. The maximum absolute atomic E-state index is 9.15. The third kappa shape index (κ3) is 4.47. The van der Waals surface area contributed by atoms with Crippen LogP contribution in [0.1, 0.15) is 18.5 Å². The van der Waals surface area contributed by atoms with Crippen molar-refractivity contribution in [1.29, 1.82) is 0 Å². The van der Waals surface area contributed by atoms with Gasteiger partial charge in [-0.1, -0.05) is 12.1 Å². The number of nitrogens with zero attached hydrogens (tertiary/aromatic N) is 1. The molecule has 19 heavy (non-hydrogen) atoms. The summed E-state index contributed by atoms with van der Waals surface area (Å²) in [6.45, 7) is 2.94. The number of benzene rings is 1. The van der Waals surface area contributed by atoms with Gasteiger partial charge in [-0.15, -0.1) is 0 Å². The van der Waals surface area contributed by atoms with Crippen molar-refractivity contribution in [3.63, 3.8) is 0 Å². The molecule has 1 rings (SSSR count). The smallest absolute Gasteiger partial charge is 0.119 e. The fraction of sp³-hybridized carbons (Fsp3) is 0.571. The topological polar surface area (TPSA) is 79.0 Å². The molecular formula is C14H24N2O3. The molecule has 0 aromatic heterocycles. The van der Waals surface area contributed by atoms with Crippen molar-refractivity contribution < 1.29 is 14.9 Å². The summed E-state index contributed by atoms with van der Waals surface area (Å²) < 4.78 is 5.23. The number of aliphatic hydroxyl groups excluding tert-OH is 2. The van der Waals surface area contributed by atoms with Gasteiger partial charge in [-0.05, 0) is 24.6 Å². The standard InChI is InChI=1S/C14H24N2O3/c1-11(15)14(16(6-8-17)7-9-18)12-4-3-5-13(10-12)19-2/h3-5,10-11,14,17-18H,6-9,15H2,1-2H3. The summed E-state index contributed by atoms with van der Waals surface area (Å²) in [6.07, 6.45) is 0. The SMILES string of the molecule is COc1cccc(C(C(C)N)N(CCO)CCO)c1. The van der Waals surface area contributed by atoms with E-state index in [1.165, 1.54) is 0 Å². The third-order valence-corrected chi connectivity index (χ3v) is 3.10. The highest BCUT2D eigenvalue weighted by molar-refractivity contribution is 5.31. The molecule has 4 N–H and O–H groups in total. The number of rotatable bonds is 8. The molecule has 0 bridgehead atoms. The normalized spacial score (nSPS) is 14.4. The fourth-order valence-corrected chi connectivity index (χ4v) is 2.32. The molecular weight excluding hydrogens is 244 g/mol. The van der Waals surface area contributed by atoms with Crippen LogP contribution in [0.25, 0.3) is 0 Å². The molecule has 0 saturated carbocycles. The average molecular weight is 268 g/mol. The lowest BCUT2D eigenvalue weighted by Crippen LogP contribution is -2.42. The van der Waals surface area contributed by atoms with Crippen LogP contribution in [0.15, 0.2) is 24.3 Å². The van der Waals surface area contributed by atoms with Gasteiger partial charge in [0.1, 0.15) is 5.75 Å². The quantitative estimate of drug-likeness (QED) is 0.635. The predicted octanol–water partition coefficient (Wildman–Crippen LogP) is 0.370. The Morgan fingerprint density at radius 2 is 1.89 bits per heavy atom. The summed E-state index contributed by atoms with van der Waals surface area (Å²) >= 11 is 0. The van der Waals surface area contributed by atoms with Crippen molar-refractivity contribution in [2.75, 3.05) is 33.4 Å². The molecule has 2 atom stereocenters. The maximum atomic E-state index is 9.15. The van der Waals surface area contributed by atoms with Crippen molar-refractivity contribution in [2.45, 2.75) is 19.0 Å². The summed E-state index contributed by atoms with van der Waals surface area (Å²) in [5.41, 5.74) is 7.10. The van der Waals surface area contributed by atoms with E-state index in [1.807, 2.05) is 36.1 Å². The Bertz CT molecular complexity index is 365. The van der Waals surface area contributed by atoms with E-state index < -0.39 is 0 Å². The van der Waals surface area contributed by atoms with Crippen LogP contribution in [-0.2, 0) is 0 Å². The first-order chi connectivity index (χ1) is 9.13. The van der Waals surface area contributed by atoms with E-state index in [1.54, 1.807) is 7.11 Å². The van der Waals surface area contributed by atoms with Crippen molar-refractivity contribution in [2.24, 2.45) is 5.73 Å². The zero-order chi connectivity index (χ0) is 14.3. The van der Waals surface area contributed by atoms with Crippen LogP contribution < -0.4 is 10.5 Å². The third-order valence-electron chi connectivity index (χ3n) is 3.10. The number of aliphatic hydroxyl groups is 2. The lowest BCUT2D eigenvalue weighted by molar-refractivity contribution is 0.111. The minimum atomic E-state index is -0.120. The van der Waals surface area contributed by atoms with Crippen LogP contribution in [0, 0.1) is 0 Å². The fourth-order valence-electron chi connectivity index (χ4n) is 2.32. The van der Waals surface area contributed by atoms with Gasteiger partial charge in [-0.3, -0.25) is 4.90 Å². The highest BCUT2D eigenvalue weighted by atomic mass is 16.5. The summed E-state index contributed by atoms with van der Waals surface area (Å²) in [5, 5.41) is 18.3.